The number of carbonyl (C=O) groups is 1. The van der Waals surface area contributed by atoms with Crippen molar-refractivity contribution >= 4 is 11.7 Å². The van der Waals surface area contributed by atoms with Crippen LogP contribution in [0.4, 0.5) is 10.5 Å². The van der Waals surface area contributed by atoms with E-state index in [2.05, 4.69) is 24.5 Å². The average molecular weight is 319 g/mol. The molecule has 5 nitrogen and oxygen atoms in total. The van der Waals surface area contributed by atoms with E-state index in [1.165, 1.54) is 0 Å². The van der Waals surface area contributed by atoms with Crippen molar-refractivity contribution in [1.82, 2.24) is 10.2 Å². The van der Waals surface area contributed by atoms with E-state index in [1.807, 2.05) is 35.2 Å². The van der Waals surface area contributed by atoms with Crippen molar-refractivity contribution in [2.45, 2.75) is 45.8 Å². The minimum Gasteiger partial charge on any atom is -0.393 e. The van der Waals surface area contributed by atoms with E-state index in [9.17, 15) is 9.90 Å². The first-order chi connectivity index (χ1) is 10.9. The predicted molar refractivity (Wildman–Crippen MR) is 93.5 cm³/mol. The van der Waals surface area contributed by atoms with Crippen molar-refractivity contribution in [3.8, 4) is 0 Å². The molecule has 2 atom stereocenters. The molecule has 0 aromatic heterocycles. The summed E-state index contributed by atoms with van der Waals surface area (Å²) in [5, 5.41) is 16.0. The summed E-state index contributed by atoms with van der Waals surface area (Å²) in [4.78, 5) is 14.2. The number of urea groups is 1. The molecule has 128 valence electrons. The van der Waals surface area contributed by atoms with Gasteiger partial charge in [0.1, 0.15) is 0 Å². The molecule has 23 heavy (non-hydrogen) atoms. The molecule has 0 bridgehead atoms. The predicted octanol–water partition coefficient (Wildman–Crippen LogP) is 2.68. The molecule has 1 fully saturated rings. The summed E-state index contributed by atoms with van der Waals surface area (Å²) in [7, 11) is 0. The van der Waals surface area contributed by atoms with Gasteiger partial charge in [0, 0.05) is 31.4 Å². The fourth-order valence-corrected chi connectivity index (χ4v) is 3.13. The van der Waals surface area contributed by atoms with Crippen molar-refractivity contribution in [1.29, 1.82) is 0 Å². The van der Waals surface area contributed by atoms with Crippen LogP contribution in [0.1, 0.15) is 33.6 Å². The van der Waals surface area contributed by atoms with Crippen molar-refractivity contribution in [3.05, 3.63) is 30.3 Å². The summed E-state index contributed by atoms with van der Waals surface area (Å²) in [6, 6.07) is 10.4. The monoisotopic (exact) mass is 319 g/mol. The molecule has 1 aliphatic rings. The highest BCUT2D eigenvalue weighted by atomic mass is 16.3. The molecule has 0 aliphatic carbocycles. The molecule has 0 spiro atoms. The van der Waals surface area contributed by atoms with E-state index >= 15 is 0 Å². The van der Waals surface area contributed by atoms with Gasteiger partial charge in [0.05, 0.1) is 6.10 Å². The number of hydrogen-bond acceptors (Lipinski definition) is 3. The van der Waals surface area contributed by atoms with Gasteiger partial charge in [-0.3, -0.25) is 0 Å². The van der Waals surface area contributed by atoms with Crippen LogP contribution in [0.2, 0.25) is 0 Å². The van der Waals surface area contributed by atoms with Gasteiger partial charge in [-0.15, -0.1) is 0 Å². The van der Waals surface area contributed by atoms with Crippen molar-refractivity contribution < 1.29 is 9.90 Å². The number of hydrogen-bond donors (Lipinski definition) is 3. The number of benzene rings is 1. The quantitative estimate of drug-likeness (QED) is 0.755. The zero-order valence-electron chi connectivity index (χ0n) is 14.4. The fraction of sp³-hybridized carbons (Fsp3) is 0.611. The third kappa shape index (κ3) is 5.75. The van der Waals surface area contributed by atoms with Crippen LogP contribution in [-0.4, -0.2) is 47.8 Å². The first-order valence-electron chi connectivity index (χ1n) is 8.38. The van der Waals surface area contributed by atoms with Gasteiger partial charge >= 0.3 is 6.03 Å². The van der Waals surface area contributed by atoms with Crippen molar-refractivity contribution in [3.63, 3.8) is 0 Å². The maximum Gasteiger partial charge on any atom is 0.317 e. The standard InChI is InChI=1S/C18H29N3O2/c1-14(22)11-18(2,3)13-19-17(23)21-10-9-16(12-21)20-15-7-5-4-6-8-15/h4-8,14,16,20,22H,9-13H2,1-3H3,(H,19,23). The zero-order chi connectivity index (χ0) is 16.9. The lowest BCUT2D eigenvalue weighted by atomic mass is 9.87. The molecule has 1 saturated heterocycles. The third-order valence-corrected chi connectivity index (χ3v) is 4.19. The molecule has 3 N–H and O–H groups in total. The Balaban J connectivity index is 1.76. The van der Waals surface area contributed by atoms with E-state index in [-0.39, 0.29) is 17.6 Å². The van der Waals surface area contributed by atoms with Gasteiger partial charge in [0.25, 0.3) is 0 Å². The van der Waals surface area contributed by atoms with Crippen LogP contribution in [-0.2, 0) is 0 Å². The van der Waals surface area contributed by atoms with Gasteiger partial charge in [-0.05, 0) is 37.3 Å². The summed E-state index contributed by atoms with van der Waals surface area (Å²) in [6.45, 7) is 7.96. The summed E-state index contributed by atoms with van der Waals surface area (Å²) < 4.78 is 0. The second kappa shape index (κ2) is 7.68. The summed E-state index contributed by atoms with van der Waals surface area (Å²) >= 11 is 0. The number of para-hydroxylation sites is 1. The van der Waals surface area contributed by atoms with Crippen molar-refractivity contribution in [2.24, 2.45) is 5.41 Å². The van der Waals surface area contributed by atoms with Crippen LogP contribution in [0, 0.1) is 5.41 Å². The van der Waals surface area contributed by atoms with E-state index < -0.39 is 0 Å². The van der Waals surface area contributed by atoms with Crippen LogP contribution >= 0.6 is 0 Å². The lowest BCUT2D eigenvalue weighted by molar-refractivity contribution is 0.127. The second-order valence-corrected chi connectivity index (χ2v) is 7.32. The molecule has 0 saturated carbocycles. The molecule has 2 rings (SSSR count). The normalized spacial score (nSPS) is 19.5. The molecule has 2 amide bonds. The summed E-state index contributed by atoms with van der Waals surface area (Å²) in [5.41, 5.74) is 0.989. The maximum atomic E-state index is 12.3. The average Bonchev–Trinajstić information content (AvgIpc) is 2.93. The highest BCUT2D eigenvalue weighted by molar-refractivity contribution is 5.74. The first kappa shape index (κ1) is 17.6. The molecular formula is C18H29N3O2. The number of amides is 2. The zero-order valence-corrected chi connectivity index (χ0v) is 14.4. The van der Waals surface area contributed by atoms with Crippen LogP contribution < -0.4 is 10.6 Å². The maximum absolute atomic E-state index is 12.3. The molecule has 5 heteroatoms. The van der Waals surface area contributed by atoms with Crippen LogP contribution in [0.5, 0.6) is 0 Å². The molecule has 1 aromatic rings. The minimum atomic E-state index is -0.354. The molecule has 1 aliphatic heterocycles. The number of aliphatic hydroxyl groups excluding tert-OH is 1. The van der Waals surface area contributed by atoms with Gasteiger partial charge in [-0.25, -0.2) is 4.79 Å². The Morgan fingerprint density at radius 1 is 1.39 bits per heavy atom. The number of nitrogens with one attached hydrogen (secondary N) is 2. The largest absolute Gasteiger partial charge is 0.393 e. The van der Waals surface area contributed by atoms with Gasteiger partial charge in [0.15, 0.2) is 0 Å². The number of carbonyl (C=O) groups excluding carboxylic acids is 1. The first-order valence-corrected chi connectivity index (χ1v) is 8.38. The van der Waals surface area contributed by atoms with Crippen LogP contribution in [0.3, 0.4) is 0 Å². The Bertz CT molecular complexity index is 502. The Kier molecular flexibility index (Phi) is 5.88. The topological polar surface area (TPSA) is 64.6 Å². The van der Waals surface area contributed by atoms with E-state index in [4.69, 9.17) is 0 Å². The number of aliphatic hydroxyl groups is 1. The fourth-order valence-electron chi connectivity index (χ4n) is 3.13. The highest BCUT2D eigenvalue weighted by Crippen LogP contribution is 2.21. The second-order valence-electron chi connectivity index (χ2n) is 7.32. The van der Waals surface area contributed by atoms with E-state index in [0.717, 1.165) is 25.2 Å². The Hall–Kier alpha value is -1.75. The van der Waals surface area contributed by atoms with E-state index in [1.54, 1.807) is 6.92 Å². The molecule has 1 heterocycles. The number of rotatable bonds is 6. The van der Waals surface area contributed by atoms with Crippen LogP contribution in [0.25, 0.3) is 0 Å². The lowest BCUT2D eigenvalue weighted by Gasteiger charge is -2.28. The van der Waals surface area contributed by atoms with Crippen molar-refractivity contribution in [2.75, 3.05) is 25.0 Å². The number of likely N-dealkylation sites (tertiary alicyclic amines) is 1. The Morgan fingerprint density at radius 3 is 2.74 bits per heavy atom. The van der Waals surface area contributed by atoms with Gasteiger partial charge in [0.2, 0.25) is 0 Å². The van der Waals surface area contributed by atoms with Gasteiger partial charge < -0.3 is 20.6 Å². The Labute approximate surface area is 139 Å². The smallest absolute Gasteiger partial charge is 0.317 e. The van der Waals surface area contributed by atoms with Gasteiger partial charge in [-0.2, -0.15) is 0 Å². The molecule has 1 aromatic carbocycles. The van der Waals surface area contributed by atoms with Gasteiger partial charge in [-0.1, -0.05) is 32.0 Å². The van der Waals surface area contributed by atoms with E-state index in [0.29, 0.717) is 19.0 Å². The summed E-state index contributed by atoms with van der Waals surface area (Å²) in [6.07, 6.45) is 1.28. The molecule has 0 radical (unpaired) electrons. The summed E-state index contributed by atoms with van der Waals surface area (Å²) in [5.74, 6) is 0. The Morgan fingerprint density at radius 2 is 2.09 bits per heavy atom. The third-order valence-electron chi connectivity index (χ3n) is 4.19. The highest BCUT2D eigenvalue weighted by Gasteiger charge is 2.28. The number of nitrogens with zero attached hydrogens (tertiary/aromatic N) is 1. The SMILES string of the molecule is CC(O)CC(C)(C)CNC(=O)N1CCC(Nc2ccccc2)C1. The molecule has 2 unspecified atom stereocenters. The number of anilines is 1. The minimum absolute atomic E-state index is 0.0129. The molecular weight excluding hydrogens is 290 g/mol. The lowest BCUT2D eigenvalue weighted by Crippen LogP contribution is -2.43. The van der Waals surface area contributed by atoms with Crippen LogP contribution in [0.15, 0.2) is 30.3 Å².